The van der Waals surface area contributed by atoms with Crippen molar-refractivity contribution >= 4 is 34.2 Å². The first-order valence-corrected chi connectivity index (χ1v) is 10.7. The van der Waals surface area contributed by atoms with Gasteiger partial charge in [-0.05, 0) is 44.4 Å². The molecule has 3 heterocycles. The molecule has 7 nitrogen and oxygen atoms in total. The second-order valence-electron chi connectivity index (χ2n) is 7.52. The van der Waals surface area contributed by atoms with Gasteiger partial charge in [0.2, 0.25) is 0 Å². The first-order chi connectivity index (χ1) is 14.6. The maximum Gasteiger partial charge on any atom is 0.255 e. The van der Waals surface area contributed by atoms with Crippen molar-refractivity contribution < 1.29 is 9.53 Å². The lowest BCUT2D eigenvalue weighted by Gasteiger charge is -2.26. The van der Waals surface area contributed by atoms with Crippen LogP contribution in [0.1, 0.15) is 48.7 Å². The zero-order valence-corrected chi connectivity index (χ0v) is 17.9. The van der Waals surface area contributed by atoms with Crippen LogP contribution in [-0.4, -0.2) is 39.9 Å². The summed E-state index contributed by atoms with van der Waals surface area (Å²) in [7, 11) is 0. The Labute approximate surface area is 180 Å². The van der Waals surface area contributed by atoms with E-state index in [9.17, 15) is 4.79 Å². The number of ether oxygens (including phenoxy) is 1. The molecule has 0 bridgehead atoms. The van der Waals surface area contributed by atoms with E-state index in [4.69, 9.17) is 16.3 Å². The number of aromatic nitrogens is 3. The van der Waals surface area contributed by atoms with E-state index in [0.29, 0.717) is 17.1 Å². The summed E-state index contributed by atoms with van der Waals surface area (Å²) < 4.78 is 7.31. The molecule has 4 rings (SSSR count). The quantitative estimate of drug-likeness (QED) is 0.616. The van der Waals surface area contributed by atoms with Gasteiger partial charge in [0.15, 0.2) is 5.65 Å². The Morgan fingerprint density at radius 2 is 2.00 bits per heavy atom. The second-order valence-corrected chi connectivity index (χ2v) is 7.96. The Hall–Kier alpha value is -2.64. The van der Waals surface area contributed by atoms with Gasteiger partial charge in [0.1, 0.15) is 0 Å². The van der Waals surface area contributed by atoms with Gasteiger partial charge in [0.25, 0.3) is 5.91 Å². The second kappa shape index (κ2) is 9.02. The number of rotatable bonds is 6. The molecule has 1 unspecified atom stereocenters. The van der Waals surface area contributed by atoms with Gasteiger partial charge < -0.3 is 15.4 Å². The first kappa shape index (κ1) is 20.6. The van der Waals surface area contributed by atoms with Crippen molar-refractivity contribution in [1.82, 2.24) is 20.1 Å². The van der Waals surface area contributed by atoms with Gasteiger partial charge in [0, 0.05) is 37.0 Å². The van der Waals surface area contributed by atoms with Crippen LogP contribution < -0.4 is 10.6 Å². The summed E-state index contributed by atoms with van der Waals surface area (Å²) in [5, 5.41) is 12.6. The molecule has 0 spiro atoms. The standard InChI is InChI=1S/C22H26ClN5O2/c1-3-28-21-18(13-25-28)20(27-17-8-10-30-11-9-17)19(12-24-21)22(29)26-14(2)15-4-6-16(23)7-5-15/h4-7,12-14,17H,3,8-11H2,1-2H3,(H,24,27)(H,26,29). The highest BCUT2D eigenvalue weighted by molar-refractivity contribution is 6.30. The third kappa shape index (κ3) is 4.27. The molecule has 2 N–H and O–H groups in total. The molecule has 0 saturated carbocycles. The lowest BCUT2D eigenvalue weighted by Crippen LogP contribution is -2.31. The number of carbonyl (C=O) groups excluding carboxylic acids is 1. The average molecular weight is 428 g/mol. The number of amides is 1. The Kier molecular flexibility index (Phi) is 6.20. The molecule has 0 radical (unpaired) electrons. The number of hydrogen-bond acceptors (Lipinski definition) is 5. The molecule has 30 heavy (non-hydrogen) atoms. The molecule has 1 atom stereocenters. The van der Waals surface area contributed by atoms with Gasteiger partial charge in [-0.25, -0.2) is 9.67 Å². The summed E-state index contributed by atoms with van der Waals surface area (Å²) in [6.45, 7) is 6.12. The number of aryl methyl sites for hydroxylation is 1. The number of fused-ring (bicyclic) bond motifs is 1. The van der Waals surface area contributed by atoms with Crippen LogP contribution in [0.3, 0.4) is 0 Å². The van der Waals surface area contributed by atoms with Crippen LogP contribution in [0.25, 0.3) is 11.0 Å². The number of pyridine rings is 1. The van der Waals surface area contributed by atoms with E-state index >= 15 is 0 Å². The van der Waals surface area contributed by atoms with Crippen molar-refractivity contribution in [1.29, 1.82) is 0 Å². The summed E-state index contributed by atoms with van der Waals surface area (Å²) in [4.78, 5) is 17.7. The largest absolute Gasteiger partial charge is 0.381 e. The predicted octanol–water partition coefficient (Wildman–Crippen LogP) is 4.19. The van der Waals surface area contributed by atoms with E-state index < -0.39 is 0 Å². The molecule has 0 aliphatic carbocycles. The minimum atomic E-state index is -0.175. The SMILES string of the molecule is CCn1ncc2c(NC3CCOCC3)c(C(=O)NC(C)c3ccc(Cl)cc3)cnc21. The van der Waals surface area contributed by atoms with Crippen LogP contribution >= 0.6 is 11.6 Å². The summed E-state index contributed by atoms with van der Waals surface area (Å²) >= 11 is 5.98. The van der Waals surface area contributed by atoms with Crippen molar-refractivity contribution in [3.05, 3.63) is 52.8 Å². The number of nitrogens with one attached hydrogen (secondary N) is 2. The fraction of sp³-hybridized carbons (Fsp3) is 0.409. The minimum absolute atomic E-state index is 0.167. The third-order valence-corrected chi connectivity index (χ3v) is 5.75. The lowest BCUT2D eigenvalue weighted by atomic mass is 10.1. The van der Waals surface area contributed by atoms with Crippen LogP contribution in [-0.2, 0) is 11.3 Å². The Balaban J connectivity index is 1.65. The molecule has 1 fully saturated rings. The molecule has 1 saturated heterocycles. The Bertz CT molecular complexity index is 1030. The molecule has 8 heteroatoms. The normalized spacial score (nSPS) is 15.8. The number of halogens is 1. The van der Waals surface area contributed by atoms with E-state index in [-0.39, 0.29) is 18.0 Å². The first-order valence-electron chi connectivity index (χ1n) is 10.3. The number of nitrogens with zero attached hydrogens (tertiary/aromatic N) is 3. The smallest absolute Gasteiger partial charge is 0.255 e. The van der Waals surface area contributed by atoms with Crippen LogP contribution in [0.15, 0.2) is 36.7 Å². The van der Waals surface area contributed by atoms with E-state index in [1.54, 1.807) is 12.4 Å². The topological polar surface area (TPSA) is 81.1 Å². The summed E-state index contributed by atoms with van der Waals surface area (Å²) in [6, 6.07) is 7.56. The highest BCUT2D eigenvalue weighted by atomic mass is 35.5. The molecule has 3 aromatic rings. The van der Waals surface area contributed by atoms with Gasteiger partial charge in [-0.3, -0.25) is 4.79 Å². The number of hydrogen-bond donors (Lipinski definition) is 2. The molecule has 1 aromatic carbocycles. The lowest BCUT2D eigenvalue weighted by molar-refractivity contribution is 0.0903. The van der Waals surface area contributed by atoms with E-state index in [2.05, 4.69) is 20.7 Å². The van der Waals surface area contributed by atoms with Crippen LogP contribution in [0.5, 0.6) is 0 Å². The average Bonchev–Trinajstić information content (AvgIpc) is 3.18. The molecule has 2 aromatic heterocycles. The summed E-state index contributed by atoms with van der Waals surface area (Å²) in [5.41, 5.74) is 3.06. The van der Waals surface area contributed by atoms with Gasteiger partial charge in [-0.15, -0.1) is 0 Å². The molecular weight excluding hydrogens is 402 g/mol. The fourth-order valence-corrected chi connectivity index (χ4v) is 3.87. The summed E-state index contributed by atoms with van der Waals surface area (Å²) in [6.07, 6.45) is 5.22. The highest BCUT2D eigenvalue weighted by Gasteiger charge is 2.23. The van der Waals surface area contributed by atoms with Gasteiger partial charge >= 0.3 is 0 Å². The Morgan fingerprint density at radius 1 is 1.27 bits per heavy atom. The molecule has 1 aliphatic rings. The van der Waals surface area contributed by atoms with Crippen molar-refractivity contribution in [3.63, 3.8) is 0 Å². The van der Waals surface area contributed by atoms with Crippen molar-refractivity contribution in [2.24, 2.45) is 0 Å². The molecule has 1 aliphatic heterocycles. The predicted molar refractivity (Wildman–Crippen MR) is 118 cm³/mol. The van der Waals surface area contributed by atoms with E-state index in [1.165, 1.54) is 0 Å². The van der Waals surface area contributed by atoms with Crippen molar-refractivity contribution in [2.75, 3.05) is 18.5 Å². The van der Waals surface area contributed by atoms with Crippen LogP contribution in [0, 0.1) is 0 Å². The monoisotopic (exact) mass is 427 g/mol. The summed E-state index contributed by atoms with van der Waals surface area (Å²) in [5.74, 6) is -0.175. The molecular formula is C22H26ClN5O2. The van der Waals surface area contributed by atoms with Gasteiger partial charge in [-0.1, -0.05) is 23.7 Å². The fourth-order valence-electron chi connectivity index (χ4n) is 3.74. The number of carbonyl (C=O) groups is 1. The maximum absolute atomic E-state index is 13.2. The van der Waals surface area contributed by atoms with Crippen LogP contribution in [0.2, 0.25) is 5.02 Å². The molecule has 1 amide bonds. The zero-order chi connectivity index (χ0) is 21.1. The van der Waals surface area contributed by atoms with Crippen molar-refractivity contribution in [3.8, 4) is 0 Å². The zero-order valence-electron chi connectivity index (χ0n) is 17.2. The van der Waals surface area contributed by atoms with Crippen molar-refractivity contribution in [2.45, 2.75) is 45.3 Å². The highest BCUT2D eigenvalue weighted by Crippen LogP contribution is 2.29. The number of benzene rings is 1. The molecule has 158 valence electrons. The van der Waals surface area contributed by atoms with Gasteiger partial charge in [0.05, 0.1) is 28.9 Å². The Morgan fingerprint density at radius 3 is 2.70 bits per heavy atom. The third-order valence-electron chi connectivity index (χ3n) is 5.50. The number of anilines is 1. The van der Waals surface area contributed by atoms with Gasteiger partial charge in [-0.2, -0.15) is 5.10 Å². The van der Waals surface area contributed by atoms with E-state index in [1.807, 2.05) is 42.8 Å². The van der Waals surface area contributed by atoms with Crippen LogP contribution in [0.4, 0.5) is 5.69 Å². The maximum atomic E-state index is 13.2. The minimum Gasteiger partial charge on any atom is -0.381 e. The van der Waals surface area contributed by atoms with E-state index in [0.717, 1.165) is 48.3 Å².